The van der Waals surface area contributed by atoms with Gasteiger partial charge in [-0.1, -0.05) is 6.92 Å². The average Bonchev–Trinajstić information content (AvgIpc) is 2.29. The van der Waals surface area contributed by atoms with E-state index in [0.717, 1.165) is 49.8 Å². The van der Waals surface area contributed by atoms with Crippen molar-refractivity contribution in [3.05, 3.63) is 17.6 Å². The second kappa shape index (κ2) is 6.43. The minimum atomic E-state index is 0.723. The number of aryl methyl sites for hydroxylation is 2. The minimum Gasteiger partial charge on any atom is -0.357 e. The van der Waals surface area contributed by atoms with E-state index in [2.05, 4.69) is 34.8 Å². The Bertz CT molecular complexity index is 325. The summed E-state index contributed by atoms with van der Waals surface area (Å²) < 4.78 is 0. The van der Waals surface area contributed by atoms with Gasteiger partial charge in [0.1, 0.15) is 11.6 Å². The van der Waals surface area contributed by atoms with E-state index in [4.69, 9.17) is 5.73 Å². The molecule has 0 aliphatic carbocycles. The van der Waals surface area contributed by atoms with Gasteiger partial charge in [-0.25, -0.2) is 9.97 Å². The summed E-state index contributed by atoms with van der Waals surface area (Å²) in [5, 5.41) is 0. The average molecular weight is 222 g/mol. The van der Waals surface area contributed by atoms with Crippen molar-refractivity contribution in [3.63, 3.8) is 0 Å². The van der Waals surface area contributed by atoms with Crippen LogP contribution in [-0.4, -0.2) is 29.6 Å². The fourth-order valence-corrected chi connectivity index (χ4v) is 1.67. The van der Waals surface area contributed by atoms with Crippen LogP contribution in [0.5, 0.6) is 0 Å². The molecule has 4 heteroatoms. The Morgan fingerprint density at radius 1 is 1.31 bits per heavy atom. The van der Waals surface area contributed by atoms with Crippen LogP contribution in [0.25, 0.3) is 0 Å². The number of aromatic nitrogens is 2. The smallest absolute Gasteiger partial charge is 0.132 e. The Morgan fingerprint density at radius 3 is 2.62 bits per heavy atom. The second-order valence-corrected chi connectivity index (χ2v) is 3.84. The SMILES string of the molecule is CCc1cc(N(CC)CCCN)nc(C)n1. The molecular weight excluding hydrogens is 200 g/mol. The van der Waals surface area contributed by atoms with Crippen molar-refractivity contribution < 1.29 is 0 Å². The van der Waals surface area contributed by atoms with E-state index in [1.807, 2.05) is 6.92 Å². The van der Waals surface area contributed by atoms with E-state index in [1.165, 1.54) is 0 Å². The van der Waals surface area contributed by atoms with E-state index < -0.39 is 0 Å². The molecule has 1 heterocycles. The first-order valence-electron chi connectivity index (χ1n) is 6.00. The summed E-state index contributed by atoms with van der Waals surface area (Å²) >= 11 is 0. The molecule has 0 radical (unpaired) electrons. The van der Waals surface area contributed by atoms with Gasteiger partial charge in [-0.3, -0.25) is 0 Å². The molecule has 0 aliphatic heterocycles. The van der Waals surface area contributed by atoms with Gasteiger partial charge >= 0.3 is 0 Å². The zero-order valence-corrected chi connectivity index (χ0v) is 10.5. The molecule has 16 heavy (non-hydrogen) atoms. The summed E-state index contributed by atoms with van der Waals surface area (Å²) in [5.74, 6) is 1.88. The molecule has 1 aromatic heterocycles. The molecule has 0 bridgehead atoms. The van der Waals surface area contributed by atoms with Crippen LogP contribution in [-0.2, 0) is 6.42 Å². The molecule has 2 N–H and O–H groups in total. The summed E-state index contributed by atoms with van der Waals surface area (Å²) in [6, 6.07) is 2.08. The van der Waals surface area contributed by atoms with Crippen LogP contribution in [0.1, 0.15) is 31.8 Å². The van der Waals surface area contributed by atoms with Gasteiger partial charge < -0.3 is 10.6 Å². The van der Waals surface area contributed by atoms with Crippen LogP contribution in [0.15, 0.2) is 6.07 Å². The maximum atomic E-state index is 5.54. The lowest BCUT2D eigenvalue weighted by Crippen LogP contribution is -2.27. The summed E-state index contributed by atoms with van der Waals surface area (Å²) in [4.78, 5) is 11.1. The van der Waals surface area contributed by atoms with E-state index >= 15 is 0 Å². The molecule has 0 amide bonds. The maximum Gasteiger partial charge on any atom is 0.132 e. The van der Waals surface area contributed by atoms with Crippen LogP contribution >= 0.6 is 0 Å². The van der Waals surface area contributed by atoms with Crippen LogP contribution in [0.2, 0.25) is 0 Å². The highest BCUT2D eigenvalue weighted by molar-refractivity contribution is 5.39. The molecule has 0 saturated carbocycles. The molecule has 0 aliphatic rings. The number of anilines is 1. The van der Waals surface area contributed by atoms with Crippen LogP contribution < -0.4 is 10.6 Å². The number of rotatable bonds is 6. The predicted molar refractivity (Wildman–Crippen MR) is 67.7 cm³/mol. The Morgan fingerprint density at radius 2 is 2.06 bits per heavy atom. The standard InChI is InChI=1S/C12H22N4/c1-4-11-9-12(15-10(3)14-11)16(5-2)8-6-7-13/h9H,4-8,13H2,1-3H3. The zero-order chi connectivity index (χ0) is 12.0. The highest BCUT2D eigenvalue weighted by Crippen LogP contribution is 2.13. The zero-order valence-electron chi connectivity index (χ0n) is 10.5. The summed E-state index contributed by atoms with van der Waals surface area (Å²) in [5.41, 5.74) is 6.64. The van der Waals surface area contributed by atoms with Crippen molar-refractivity contribution in [2.75, 3.05) is 24.5 Å². The molecule has 0 fully saturated rings. The van der Waals surface area contributed by atoms with Gasteiger partial charge in [0, 0.05) is 24.8 Å². The van der Waals surface area contributed by atoms with Crippen molar-refractivity contribution in [2.24, 2.45) is 5.73 Å². The molecule has 90 valence electrons. The summed E-state index contributed by atoms with van der Waals surface area (Å²) in [7, 11) is 0. The Hall–Kier alpha value is -1.16. The third-order valence-electron chi connectivity index (χ3n) is 2.58. The maximum absolute atomic E-state index is 5.54. The number of hydrogen-bond acceptors (Lipinski definition) is 4. The molecule has 4 nitrogen and oxygen atoms in total. The first-order chi connectivity index (χ1) is 7.71. The Balaban J connectivity index is 2.86. The highest BCUT2D eigenvalue weighted by Gasteiger charge is 2.07. The third-order valence-corrected chi connectivity index (χ3v) is 2.58. The van der Waals surface area contributed by atoms with Crippen molar-refractivity contribution >= 4 is 5.82 Å². The quantitative estimate of drug-likeness (QED) is 0.793. The Kier molecular flexibility index (Phi) is 5.19. The molecule has 0 saturated heterocycles. The van der Waals surface area contributed by atoms with Gasteiger partial charge in [-0.05, 0) is 33.2 Å². The van der Waals surface area contributed by atoms with Gasteiger partial charge in [-0.15, -0.1) is 0 Å². The van der Waals surface area contributed by atoms with Gasteiger partial charge in [0.2, 0.25) is 0 Å². The fraction of sp³-hybridized carbons (Fsp3) is 0.667. The summed E-state index contributed by atoms with van der Waals surface area (Å²) in [6.07, 6.45) is 1.95. The molecule has 1 aromatic rings. The van der Waals surface area contributed by atoms with Crippen LogP contribution in [0.4, 0.5) is 5.82 Å². The molecule has 1 rings (SSSR count). The van der Waals surface area contributed by atoms with Crippen molar-refractivity contribution in [1.29, 1.82) is 0 Å². The topological polar surface area (TPSA) is 55.0 Å². The lowest BCUT2D eigenvalue weighted by molar-refractivity contribution is 0.738. The molecule has 0 spiro atoms. The monoisotopic (exact) mass is 222 g/mol. The Labute approximate surface area is 97.9 Å². The number of nitrogens with two attached hydrogens (primary N) is 1. The first-order valence-corrected chi connectivity index (χ1v) is 6.00. The largest absolute Gasteiger partial charge is 0.357 e. The summed E-state index contributed by atoms with van der Waals surface area (Å²) in [6.45, 7) is 8.84. The van der Waals surface area contributed by atoms with E-state index in [1.54, 1.807) is 0 Å². The minimum absolute atomic E-state index is 0.723. The van der Waals surface area contributed by atoms with Crippen molar-refractivity contribution in [2.45, 2.75) is 33.6 Å². The third kappa shape index (κ3) is 3.45. The van der Waals surface area contributed by atoms with Crippen LogP contribution in [0, 0.1) is 6.92 Å². The predicted octanol–water partition coefficient (Wildman–Crippen LogP) is 1.52. The lowest BCUT2D eigenvalue weighted by atomic mass is 10.3. The highest BCUT2D eigenvalue weighted by atomic mass is 15.2. The van der Waals surface area contributed by atoms with E-state index in [9.17, 15) is 0 Å². The van der Waals surface area contributed by atoms with Crippen molar-refractivity contribution in [1.82, 2.24) is 9.97 Å². The number of nitrogens with zero attached hydrogens (tertiary/aromatic N) is 3. The normalized spacial score (nSPS) is 10.5. The van der Waals surface area contributed by atoms with Gasteiger partial charge in [0.25, 0.3) is 0 Å². The second-order valence-electron chi connectivity index (χ2n) is 3.84. The fourth-order valence-electron chi connectivity index (χ4n) is 1.67. The van der Waals surface area contributed by atoms with Crippen molar-refractivity contribution in [3.8, 4) is 0 Å². The van der Waals surface area contributed by atoms with E-state index in [-0.39, 0.29) is 0 Å². The molecule has 0 aromatic carbocycles. The van der Waals surface area contributed by atoms with E-state index in [0.29, 0.717) is 0 Å². The van der Waals surface area contributed by atoms with Crippen LogP contribution in [0.3, 0.4) is 0 Å². The molecule has 0 atom stereocenters. The van der Waals surface area contributed by atoms with Gasteiger partial charge in [0.15, 0.2) is 0 Å². The number of hydrogen-bond donors (Lipinski definition) is 1. The van der Waals surface area contributed by atoms with Gasteiger partial charge in [-0.2, -0.15) is 0 Å². The first kappa shape index (κ1) is 12.9. The van der Waals surface area contributed by atoms with Gasteiger partial charge in [0.05, 0.1) is 0 Å². The lowest BCUT2D eigenvalue weighted by Gasteiger charge is -2.22. The molecule has 0 unspecified atom stereocenters. The molecular formula is C12H22N4.